The summed E-state index contributed by atoms with van der Waals surface area (Å²) in [5.41, 5.74) is 0.664. The molecule has 0 aromatic carbocycles. The van der Waals surface area contributed by atoms with E-state index in [-0.39, 0.29) is 0 Å². The third-order valence-electron chi connectivity index (χ3n) is 3.66. The Balaban J connectivity index is 2.01. The first kappa shape index (κ1) is 14.6. The minimum absolute atomic E-state index is 0.364. The summed E-state index contributed by atoms with van der Waals surface area (Å²) in [5.74, 6) is 0.992. The van der Waals surface area contributed by atoms with E-state index in [0.29, 0.717) is 18.3 Å². The minimum Gasteiger partial charge on any atom is -0.450 e. The van der Waals surface area contributed by atoms with Gasteiger partial charge in [-0.15, -0.1) is 0 Å². The van der Waals surface area contributed by atoms with Crippen molar-refractivity contribution in [3.63, 3.8) is 0 Å². The van der Waals surface area contributed by atoms with Gasteiger partial charge in [0.15, 0.2) is 0 Å². The van der Waals surface area contributed by atoms with Crippen LogP contribution in [0.3, 0.4) is 0 Å². The van der Waals surface area contributed by atoms with Crippen LogP contribution in [0.25, 0.3) is 0 Å². The highest BCUT2D eigenvalue weighted by Crippen LogP contribution is 2.25. The van der Waals surface area contributed by atoms with Gasteiger partial charge in [-0.2, -0.15) is 0 Å². The molecular weight excluding hydrogens is 254 g/mol. The van der Waals surface area contributed by atoms with E-state index in [9.17, 15) is 4.79 Å². The fourth-order valence-corrected chi connectivity index (χ4v) is 2.64. The molecule has 1 aliphatic heterocycles. The van der Waals surface area contributed by atoms with Crippen LogP contribution in [0, 0.1) is 0 Å². The Morgan fingerprint density at radius 1 is 1.45 bits per heavy atom. The predicted octanol–water partition coefficient (Wildman–Crippen LogP) is 3.42. The number of anilines is 2. The lowest BCUT2D eigenvalue weighted by Gasteiger charge is -2.36. The normalized spacial score (nSPS) is 18.7. The molecule has 0 bridgehead atoms. The lowest BCUT2D eigenvalue weighted by molar-refractivity contribution is 0.168. The highest BCUT2D eigenvalue weighted by Gasteiger charge is 2.21. The van der Waals surface area contributed by atoms with E-state index in [1.54, 1.807) is 13.1 Å². The third-order valence-corrected chi connectivity index (χ3v) is 3.66. The number of aromatic nitrogens is 1. The molecule has 20 heavy (non-hydrogen) atoms. The average molecular weight is 277 g/mol. The van der Waals surface area contributed by atoms with E-state index < -0.39 is 6.09 Å². The molecule has 5 nitrogen and oxygen atoms in total. The summed E-state index contributed by atoms with van der Waals surface area (Å²) < 4.78 is 4.84. The van der Waals surface area contributed by atoms with Crippen molar-refractivity contribution >= 4 is 17.6 Å². The first-order valence-electron chi connectivity index (χ1n) is 7.41. The Hall–Kier alpha value is -1.78. The van der Waals surface area contributed by atoms with E-state index in [2.05, 4.69) is 22.1 Å². The summed E-state index contributed by atoms with van der Waals surface area (Å²) in [6, 6.07) is 4.43. The largest absolute Gasteiger partial charge is 0.450 e. The van der Waals surface area contributed by atoms with Crippen molar-refractivity contribution in [3.05, 3.63) is 18.3 Å². The van der Waals surface area contributed by atoms with Gasteiger partial charge in [-0.1, -0.05) is 6.92 Å². The second-order valence-corrected chi connectivity index (χ2v) is 5.00. The van der Waals surface area contributed by atoms with Crippen molar-refractivity contribution in [1.82, 2.24) is 4.98 Å². The number of carbonyl (C=O) groups is 1. The molecule has 1 aromatic heterocycles. The maximum Gasteiger partial charge on any atom is 0.411 e. The number of hydrogen-bond donors (Lipinski definition) is 1. The van der Waals surface area contributed by atoms with Crippen LogP contribution in [0.2, 0.25) is 0 Å². The summed E-state index contributed by atoms with van der Waals surface area (Å²) >= 11 is 0. The first-order chi connectivity index (χ1) is 9.74. The number of piperidine rings is 1. The molecule has 1 amide bonds. The van der Waals surface area contributed by atoms with Crippen molar-refractivity contribution in [3.8, 4) is 0 Å². The van der Waals surface area contributed by atoms with Crippen LogP contribution in [0.1, 0.15) is 39.5 Å². The summed E-state index contributed by atoms with van der Waals surface area (Å²) in [6.07, 6.45) is 6.16. The Morgan fingerprint density at radius 2 is 2.30 bits per heavy atom. The molecule has 1 unspecified atom stereocenters. The molecule has 0 radical (unpaired) electrons. The molecule has 0 spiro atoms. The Morgan fingerprint density at radius 3 is 2.95 bits per heavy atom. The molecular formula is C15H23N3O2. The van der Waals surface area contributed by atoms with Crippen molar-refractivity contribution in [1.29, 1.82) is 0 Å². The Kier molecular flexibility index (Phi) is 5.21. The molecule has 1 aliphatic rings. The molecule has 2 heterocycles. The minimum atomic E-state index is -0.438. The van der Waals surface area contributed by atoms with Crippen LogP contribution in [0.15, 0.2) is 18.3 Å². The number of nitrogens with zero attached hydrogens (tertiary/aromatic N) is 2. The Labute approximate surface area is 120 Å². The number of carbonyl (C=O) groups excluding carboxylic acids is 1. The molecule has 0 aliphatic carbocycles. The standard InChI is InChI=1S/C15H23N3O2/c1-3-13-7-5-6-10-18(13)14-9-8-12(11-16-14)17-15(19)20-4-2/h8-9,11,13H,3-7,10H2,1-2H3,(H,17,19). The topological polar surface area (TPSA) is 54.5 Å². The number of hydrogen-bond acceptors (Lipinski definition) is 4. The van der Waals surface area contributed by atoms with Gasteiger partial charge in [0, 0.05) is 12.6 Å². The average Bonchev–Trinajstić information content (AvgIpc) is 2.48. The van der Waals surface area contributed by atoms with Crippen molar-refractivity contribution in [2.45, 2.75) is 45.6 Å². The van der Waals surface area contributed by atoms with E-state index in [0.717, 1.165) is 18.8 Å². The van der Waals surface area contributed by atoms with Crippen LogP contribution in [0.5, 0.6) is 0 Å². The number of amides is 1. The first-order valence-corrected chi connectivity index (χ1v) is 7.41. The van der Waals surface area contributed by atoms with Crippen LogP contribution >= 0.6 is 0 Å². The van der Waals surface area contributed by atoms with Crippen LogP contribution in [-0.2, 0) is 4.74 Å². The monoisotopic (exact) mass is 277 g/mol. The highest BCUT2D eigenvalue weighted by atomic mass is 16.5. The molecule has 1 atom stereocenters. The number of pyridine rings is 1. The molecule has 2 rings (SSSR count). The summed E-state index contributed by atoms with van der Waals surface area (Å²) in [6.45, 7) is 5.43. The van der Waals surface area contributed by atoms with Crippen LogP contribution in [0.4, 0.5) is 16.3 Å². The van der Waals surface area contributed by atoms with Gasteiger partial charge >= 0.3 is 6.09 Å². The second kappa shape index (κ2) is 7.12. The number of rotatable bonds is 4. The predicted molar refractivity (Wildman–Crippen MR) is 80.2 cm³/mol. The van der Waals surface area contributed by atoms with Gasteiger partial charge in [-0.25, -0.2) is 9.78 Å². The fraction of sp³-hybridized carbons (Fsp3) is 0.600. The highest BCUT2D eigenvalue weighted by molar-refractivity contribution is 5.84. The summed E-state index contributed by atoms with van der Waals surface area (Å²) in [4.78, 5) is 18.2. The van der Waals surface area contributed by atoms with Gasteiger partial charge < -0.3 is 9.64 Å². The number of ether oxygens (including phenoxy) is 1. The van der Waals surface area contributed by atoms with E-state index >= 15 is 0 Å². The van der Waals surface area contributed by atoms with E-state index in [1.807, 2.05) is 12.1 Å². The Bertz CT molecular complexity index is 433. The van der Waals surface area contributed by atoms with Crippen molar-refractivity contribution < 1.29 is 9.53 Å². The number of nitrogens with one attached hydrogen (secondary N) is 1. The van der Waals surface area contributed by atoms with E-state index in [4.69, 9.17) is 4.74 Å². The van der Waals surface area contributed by atoms with Crippen LogP contribution in [-0.4, -0.2) is 30.3 Å². The maximum absolute atomic E-state index is 11.3. The van der Waals surface area contributed by atoms with Gasteiger partial charge in [0.2, 0.25) is 0 Å². The van der Waals surface area contributed by atoms with E-state index in [1.165, 1.54) is 19.3 Å². The molecule has 1 N–H and O–H groups in total. The smallest absolute Gasteiger partial charge is 0.411 e. The van der Waals surface area contributed by atoms with Gasteiger partial charge in [0.25, 0.3) is 0 Å². The SMILES string of the molecule is CCOC(=O)Nc1ccc(N2CCCCC2CC)nc1. The summed E-state index contributed by atoms with van der Waals surface area (Å²) in [5, 5.41) is 2.66. The lowest BCUT2D eigenvalue weighted by Crippen LogP contribution is -2.39. The van der Waals surface area contributed by atoms with Crippen molar-refractivity contribution in [2.75, 3.05) is 23.4 Å². The maximum atomic E-state index is 11.3. The van der Waals surface area contributed by atoms with Gasteiger partial charge in [0.05, 0.1) is 18.5 Å². The van der Waals surface area contributed by atoms with Gasteiger partial charge in [-0.05, 0) is 44.7 Å². The lowest BCUT2D eigenvalue weighted by atomic mass is 10.00. The molecule has 1 saturated heterocycles. The molecule has 1 aromatic rings. The molecule has 5 heteroatoms. The molecule has 0 saturated carbocycles. The summed E-state index contributed by atoms with van der Waals surface area (Å²) in [7, 11) is 0. The third kappa shape index (κ3) is 3.62. The fourth-order valence-electron chi connectivity index (χ4n) is 2.64. The zero-order valence-electron chi connectivity index (χ0n) is 12.3. The molecule has 110 valence electrons. The molecule has 1 fully saturated rings. The van der Waals surface area contributed by atoms with Crippen LogP contribution < -0.4 is 10.2 Å². The zero-order chi connectivity index (χ0) is 14.4. The second-order valence-electron chi connectivity index (χ2n) is 5.00. The van der Waals surface area contributed by atoms with Gasteiger partial charge in [-0.3, -0.25) is 5.32 Å². The van der Waals surface area contributed by atoms with Crippen molar-refractivity contribution in [2.24, 2.45) is 0 Å². The van der Waals surface area contributed by atoms with Gasteiger partial charge in [0.1, 0.15) is 5.82 Å². The quantitative estimate of drug-likeness (QED) is 0.916. The zero-order valence-corrected chi connectivity index (χ0v) is 12.3.